The van der Waals surface area contributed by atoms with Crippen molar-refractivity contribution in [2.75, 3.05) is 13.2 Å². The van der Waals surface area contributed by atoms with Crippen LogP contribution in [-0.2, 0) is 19.1 Å². The second-order valence-electron chi connectivity index (χ2n) is 7.98. The number of carboxylic acids is 1. The first-order chi connectivity index (χ1) is 12.9. The van der Waals surface area contributed by atoms with Crippen LogP contribution in [0, 0.1) is 11.8 Å². The Morgan fingerprint density at radius 2 is 1.74 bits per heavy atom. The maximum Gasteiger partial charge on any atom is 0.407 e. The van der Waals surface area contributed by atoms with E-state index in [2.05, 4.69) is 5.32 Å². The quantitative estimate of drug-likeness (QED) is 0.620. The highest BCUT2D eigenvalue weighted by Gasteiger charge is 2.37. The first-order valence-electron chi connectivity index (χ1n) is 10.3. The second kappa shape index (κ2) is 10.5. The number of alkyl carbamates (subject to hydrolysis) is 1. The van der Waals surface area contributed by atoms with E-state index in [1.54, 1.807) is 0 Å². The van der Waals surface area contributed by atoms with Crippen molar-refractivity contribution < 1.29 is 29.0 Å². The molecular formula is C20H33NO6. The van der Waals surface area contributed by atoms with Gasteiger partial charge in [0, 0.05) is 13.0 Å². The monoisotopic (exact) mass is 383 g/mol. The largest absolute Gasteiger partial charge is 0.481 e. The highest BCUT2D eigenvalue weighted by atomic mass is 16.6. The summed E-state index contributed by atoms with van der Waals surface area (Å²) in [6.07, 6.45) is 8.06. The number of carboxylic acid groups (broad SMARTS) is 1. The summed E-state index contributed by atoms with van der Waals surface area (Å²) in [4.78, 5) is 35.0. The highest BCUT2D eigenvalue weighted by molar-refractivity contribution is 5.70. The number of esters is 1. The van der Waals surface area contributed by atoms with Crippen molar-refractivity contribution in [3.63, 3.8) is 0 Å². The zero-order chi connectivity index (χ0) is 19.7. The molecule has 0 atom stereocenters. The molecule has 0 aromatic carbocycles. The first kappa shape index (κ1) is 21.5. The van der Waals surface area contributed by atoms with Crippen molar-refractivity contribution in [1.82, 2.24) is 5.32 Å². The van der Waals surface area contributed by atoms with Crippen molar-refractivity contribution in [2.45, 2.75) is 83.2 Å². The zero-order valence-electron chi connectivity index (χ0n) is 16.3. The normalized spacial score (nSPS) is 24.6. The third-order valence-electron chi connectivity index (χ3n) is 5.75. The molecule has 0 unspecified atom stereocenters. The lowest BCUT2D eigenvalue weighted by molar-refractivity contribution is -0.168. The lowest BCUT2D eigenvalue weighted by Crippen LogP contribution is -2.44. The number of nitrogens with one attached hydrogen (secondary N) is 1. The molecule has 2 fully saturated rings. The van der Waals surface area contributed by atoms with Crippen molar-refractivity contribution in [3.8, 4) is 0 Å². The SMILES string of the molecule is CCCC(=O)OC1(COC(=O)NCC2CCC(C(=O)O)CC2)CCCCC1. The molecule has 0 radical (unpaired) electrons. The van der Waals surface area contributed by atoms with E-state index in [4.69, 9.17) is 14.6 Å². The topological polar surface area (TPSA) is 102 Å². The summed E-state index contributed by atoms with van der Waals surface area (Å²) >= 11 is 0. The van der Waals surface area contributed by atoms with Crippen LogP contribution in [0.5, 0.6) is 0 Å². The van der Waals surface area contributed by atoms with E-state index < -0.39 is 17.7 Å². The van der Waals surface area contributed by atoms with Crippen LogP contribution in [0.2, 0.25) is 0 Å². The van der Waals surface area contributed by atoms with Crippen LogP contribution in [0.25, 0.3) is 0 Å². The highest BCUT2D eigenvalue weighted by Crippen LogP contribution is 2.33. The zero-order valence-corrected chi connectivity index (χ0v) is 16.3. The molecular weight excluding hydrogens is 350 g/mol. The van der Waals surface area contributed by atoms with Crippen LogP contribution >= 0.6 is 0 Å². The summed E-state index contributed by atoms with van der Waals surface area (Å²) in [7, 11) is 0. The Hall–Kier alpha value is -1.79. The average Bonchev–Trinajstić information content (AvgIpc) is 2.66. The third kappa shape index (κ3) is 7.03. The molecule has 154 valence electrons. The summed E-state index contributed by atoms with van der Waals surface area (Å²) in [6, 6.07) is 0. The van der Waals surface area contributed by atoms with Crippen LogP contribution in [0.3, 0.4) is 0 Å². The van der Waals surface area contributed by atoms with E-state index in [9.17, 15) is 14.4 Å². The molecule has 7 heteroatoms. The smallest absolute Gasteiger partial charge is 0.407 e. The summed E-state index contributed by atoms with van der Waals surface area (Å²) in [5, 5.41) is 11.8. The van der Waals surface area contributed by atoms with Crippen molar-refractivity contribution >= 4 is 18.0 Å². The van der Waals surface area contributed by atoms with Crippen molar-refractivity contribution in [2.24, 2.45) is 11.8 Å². The molecule has 2 rings (SSSR count). The van der Waals surface area contributed by atoms with E-state index >= 15 is 0 Å². The summed E-state index contributed by atoms with van der Waals surface area (Å²) in [5.41, 5.74) is -0.679. The van der Waals surface area contributed by atoms with Gasteiger partial charge in [0.15, 0.2) is 0 Å². The molecule has 0 heterocycles. The molecule has 2 aliphatic carbocycles. The first-order valence-corrected chi connectivity index (χ1v) is 10.3. The summed E-state index contributed by atoms with van der Waals surface area (Å²) in [5.74, 6) is -0.911. The van der Waals surface area contributed by atoms with Gasteiger partial charge >= 0.3 is 18.0 Å². The predicted molar refractivity (Wildman–Crippen MR) is 99.3 cm³/mol. The lowest BCUT2D eigenvalue weighted by atomic mass is 9.82. The Kier molecular flexibility index (Phi) is 8.38. The molecule has 0 aromatic rings. The maximum atomic E-state index is 12.1. The number of aliphatic carboxylic acids is 1. The second-order valence-corrected chi connectivity index (χ2v) is 7.98. The minimum absolute atomic E-state index is 0.0973. The van der Waals surface area contributed by atoms with E-state index in [1.165, 1.54) is 0 Å². The molecule has 27 heavy (non-hydrogen) atoms. The average molecular weight is 383 g/mol. The van der Waals surface area contributed by atoms with Gasteiger partial charge in [-0.15, -0.1) is 0 Å². The Balaban J connectivity index is 1.73. The molecule has 7 nitrogen and oxygen atoms in total. The van der Waals surface area contributed by atoms with Crippen LogP contribution in [0.15, 0.2) is 0 Å². The number of carbonyl (C=O) groups excluding carboxylic acids is 2. The fourth-order valence-electron chi connectivity index (χ4n) is 4.06. The maximum absolute atomic E-state index is 12.1. The number of ether oxygens (including phenoxy) is 2. The molecule has 2 N–H and O–H groups in total. The van der Waals surface area contributed by atoms with Gasteiger partial charge in [-0.1, -0.05) is 13.3 Å². The van der Waals surface area contributed by atoms with Crippen LogP contribution in [-0.4, -0.2) is 41.9 Å². The van der Waals surface area contributed by atoms with Gasteiger partial charge in [-0.25, -0.2) is 4.79 Å². The van der Waals surface area contributed by atoms with Gasteiger partial charge in [-0.2, -0.15) is 0 Å². The predicted octanol–water partition coefficient (Wildman–Crippen LogP) is 3.65. The fraction of sp³-hybridized carbons (Fsp3) is 0.850. The molecule has 0 aromatic heterocycles. The van der Waals surface area contributed by atoms with Crippen LogP contribution in [0.1, 0.15) is 77.6 Å². The molecule has 2 aliphatic rings. The molecule has 0 bridgehead atoms. The van der Waals surface area contributed by atoms with Gasteiger partial charge < -0.3 is 19.9 Å². The van der Waals surface area contributed by atoms with E-state index in [-0.39, 0.29) is 18.5 Å². The van der Waals surface area contributed by atoms with Gasteiger partial charge in [-0.05, 0) is 63.7 Å². The Morgan fingerprint density at radius 1 is 1.07 bits per heavy atom. The van der Waals surface area contributed by atoms with Gasteiger partial charge in [-0.3, -0.25) is 9.59 Å². The minimum Gasteiger partial charge on any atom is -0.481 e. The fourth-order valence-corrected chi connectivity index (χ4v) is 4.06. The van der Waals surface area contributed by atoms with Gasteiger partial charge in [0.05, 0.1) is 5.92 Å². The number of rotatable bonds is 8. The Bertz CT molecular complexity index is 507. The molecule has 1 amide bonds. The van der Waals surface area contributed by atoms with Gasteiger partial charge in [0.25, 0.3) is 0 Å². The summed E-state index contributed by atoms with van der Waals surface area (Å²) in [6.45, 7) is 2.52. The Labute approximate surface area is 161 Å². The molecule has 0 spiro atoms. The molecule has 2 saturated carbocycles. The van der Waals surface area contributed by atoms with Crippen molar-refractivity contribution in [3.05, 3.63) is 0 Å². The standard InChI is InChI=1S/C20H33NO6/c1-2-6-17(22)27-20(11-4-3-5-12-20)14-26-19(25)21-13-15-7-9-16(10-8-15)18(23)24/h15-16H,2-14H2,1H3,(H,21,25)(H,23,24). The van der Waals surface area contributed by atoms with E-state index in [0.717, 1.165) is 51.4 Å². The molecule has 0 aliphatic heterocycles. The summed E-state index contributed by atoms with van der Waals surface area (Å²) < 4.78 is 11.1. The molecule has 0 saturated heterocycles. The van der Waals surface area contributed by atoms with E-state index in [0.29, 0.717) is 31.7 Å². The van der Waals surface area contributed by atoms with E-state index in [1.807, 2.05) is 6.92 Å². The van der Waals surface area contributed by atoms with Gasteiger partial charge in [0.1, 0.15) is 12.2 Å². The van der Waals surface area contributed by atoms with Gasteiger partial charge in [0.2, 0.25) is 0 Å². The van der Waals surface area contributed by atoms with Crippen LogP contribution < -0.4 is 5.32 Å². The van der Waals surface area contributed by atoms with Crippen molar-refractivity contribution in [1.29, 1.82) is 0 Å². The lowest BCUT2D eigenvalue weighted by Gasteiger charge is -2.36. The number of hydrogen-bond acceptors (Lipinski definition) is 5. The minimum atomic E-state index is -0.726. The number of hydrogen-bond donors (Lipinski definition) is 2. The third-order valence-corrected chi connectivity index (χ3v) is 5.75. The van der Waals surface area contributed by atoms with Crippen LogP contribution in [0.4, 0.5) is 4.79 Å². The Morgan fingerprint density at radius 3 is 2.33 bits per heavy atom. The number of amides is 1. The number of carbonyl (C=O) groups is 3.